The Balaban J connectivity index is 1.52. The number of aromatic nitrogens is 2. The van der Waals surface area contributed by atoms with E-state index in [9.17, 15) is 9.18 Å². The van der Waals surface area contributed by atoms with Crippen molar-refractivity contribution in [2.75, 3.05) is 10.6 Å². The van der Waals surface area contributed by atoms with Crippen LogP contribution in [-0.4, -0.2) is 15.5 Å². The highest BCUT2D eigenvalue weighted by Crippen LogP contribution is 2.46. The van der Waals surface area contributed by atoms with Gasteiger partial charge in [0.2, 0.25) is 5.95 Å². The Bertz CT molecular complexity index is 1410. The molecule has 1 saturated carbocycles. The summed E-state index contributed by atoms with van der Waals surface area (Å²) in [6.07, 6.45) is 4.37. The van der Waals surface area contributed by atoms with E-state index >= 15 is 0 Å². The number of carbonyl (C=O) groups is 1. The van der Waals surface area contributed by atoms with E-state index in [1.54, 1.807) is 12.1 Å². The van der Waals surface area contributed by atoms with Gasteiger partial charge in [0.25, 0.3) is 5.91 Å². The number of anilines is 3. The van der Waals surface area contributed by atoms with E-state index < -0.39 is 0 Å². The molecule has 3 aromatic carbocycles. The molecule has 1 aliphatic rings. The SMILES string of the molecule is CCc1ccc(Nc2nc3cc(C(=O)Nc4ccc(F)cc4)ccc3n2[C@H]2C[C@@H](C)CC(C)(C)C2)cc1. The van der Waals surface area contributed by atoms with Gasteiger partial charge in [0.05, 0.1) is 11.0 Å². The molecule has 0 bridgehead atoms. The van der Waals surface area contributed by atoms with Crippen LogP contribution in [-0.2, 0) is 6.42 Å². The molecule has 1 heterocycles. The summed E-state index contributed by atoms with van der Waals surface area (Å²) in [5.74, 6) is 0.823. The summed E-state index contributed by atoms with van der Waals surface area (Å²) in [7, 11) is 0. The lowest BCUT2D eigenvalue weighted by Crippen LogP contribution is -2.29. The molecule has 1 aliphatic carbocycles. The molecule has 0 radical (unpaired) electrons. The summed E-state index contributed by atoms with van der Waals surface area (Å²) in [6.45, 7) is 9.19. The minimum atomic E-state index is -0.338. The molecule has 5 nitrogen and oxygen atoms in total. The quantitative estimate of drug-likeness (QED) is 0.282. The van der Waals surface area contributed by atoms with Crippen LogP contribution in [0.5, 0.6) is 0 Å². The Labute approximate surface area is 218 Å². The number of nitrogens with one attached hydrogen (secondary N) is 2. The van der Waals surface area contributed by atoms with Gasteiger partial charge in [-0.25, -0.2) is 9.37 Å². The molecule has 2 atom stereocenters. The van der Waals surface area contributed by atoms with Crippen molar-refractivity contribution in [1.29, 1.82) is 0 Å². The van der Waals surface area contributed by atoms with Gasteiger partial charge in [-0.05, 0) is 97.2 Å². The summed E-state index contributed by atoms with van der Waals surface area (Å²) in [5, 5.41) is 6.41. The largest absolute Gasteiger partial charge is 0.326 e. The molecule has 0 unspecified atom stereocenters. The molecule has 37 heavy (non-hydrogen) atoms. The summed E-state index contributed by atoms with van der Waals surface area (Å²) in [5.41, 5.74) is 5.38. The van der Waals surface area contributed by atoms with Gasteiger partial charge in [-0.2, -0.15) is 0 Å². The Morgan fingerprint density at radius 1 is 1.03 bits per heavy atom. The van der Waals surface area contributed by atoms with Crippen molar-refractivity contribution >= 4 is 34.3 Å². The summed E-state index contributed by atoms with van der Waals surface area (Å²) < 4.78 is 15.6. The van der Waals surface area contributed by atoms with Crippen molar-refractivity contribution in [3.8, 4) is 0 Å². The number of hydrogen-bond acceptors (Lipinski definition) is 3. The minimum Gasteiger partial charge on any atom is -0.326 e. The van der Waals surface area contributed by atoms with Crippen molar-refractivity contribution in [2.45, 2.75) is 59.4 Å². The van der Waals surface area contributed by atoms with Crippen LogP contribution in [0.25, 0.3) is 11.0 Å². The van der Waals surface area contributed by atoms with Crippen molar-refractivity contribution in [2.24, 2.45) is 11.3 Å². The fourth-order valence-corrected chi connectivity index (χ4v) is 5.88. The number of carbonyl (C=O) groups excluding carboxylic acids is 1. The smallest absolute Gasteiger partial charge is 0.255 e. The average molecular weight is 499 g/mol. The van der Waals surface area contributed by atoms with Crippen molar-refractivity contribution in [1.82, 2.24) is 9.55 Å². The predicted octanol–water partition coefficient (Wildman–Crippen LogP) is 8.12. The first-order valence-electron chi connectivity index (χ1n) is 13.2. The maximum Gasteiger partial charge on any atom is 0.255 e. The average Bonchev–Trinajstić information content (AvgIpc) is 3.21. The van der Waals surface area contributed by atoms with Crippen LogP contribution in [0.2, 0.25) is 0 Å². The van der Waals surface area contributed by atoms with E-state index in [0.29, 0.717) is 23.2 Å². The molecule has 0 saturated heterocycles. The van der Waals surface area contributed by atoms with E-state index in [-0.39, 0.29) is 17.1 Å². The van der Waals surface area contributed by atoms with Crippen LogP contribution in [0, 0.1) is 17.2 Å². The molecule has 1 amide bonds. The minimum absolute atomic E-state index is 0.244. The molecule has 4 aromatic rings. The fraction of sp³-hybridized carbons (Fsp3) is 0.355. The first-order valence-corrected chi connectivity index (χ1v) is 13.2. The van der Waals surface area contributed by atoms with Gasteiger partial charge in [0.1, 0.15) is 5.82 Å². The van der Waals surface area contributed by atoms with E-state index in [4.69, 9.17) is 4.98 Å². The number of rotatable bonds is 6. The Morgan fingerprint density at radius 2 is 1.73 bits per heavy atom. The monoisotopic (exact) mass is 498 g/mol. The third kappa shape index (κ3) is 5.53. The molecular weight excluding hydrogens is 463 g/mol. The Hall–Kier alpha value is -3.67. The number of fused-ring (bicyclic) bond motifs is 1. The zero-order chi connectivity index (χ0) is 26.2. The van der Waals surface area contributed by atoms with Crippen molar-refractivity contribution < 1.29 is 9.18 Å². The number of benzene rings is 3. The maximum atomic E-state index is 13.3. The van der Waals surface area contributed by atoms with Crippen LogP contribution in [0.15, 0.2) is 66.7 Å². The van der Waals surface area contributed by atoms with Crippen LogP contribution < -0.4 is 10.6 Å². The lowest BCUT2D eigenvalue weighted by atomic mass is 9.70. The predicted molar refractivity (Wildman–Crippen MR) is 149 cm³/mol. The van der Waals surface area contributed by atoms with Crippen molar-refractivity contribution in [3.63, 3.8) is 0 Å². The van der Waals surface area contributed by atoms with Crippen LogP contribution in [0.3, 0.4) is 0 Å². The van der Waals surface area contributed by atoms with Gasteiger partial charge in [-0.1, -0.05) is 39.8 Å². The zero-order valence-electron chi connectivity index (χ0n) is 22.0. The standard InChI is InChI=1S/C31H35FN4O/c1-5-21-6-11-25(12-7-21)34-30-35-27-17-22(29(37)33-24-13-9-23(32)10-14-24)8-15-28(27)36(30)26-16-20(2)18-31(3,4)19-26/h6-15,17,20,26H,5,16,18-19H2,1-4H3,(H,33,37)(H,34,35)/t20-,26+/m1/s1. The summed E-state index contributed by atoms with van der Waals surface area (Å²) in [4.78, 5) is 17.9. The Morgan fingerprint density at radius 3 is 2.41 bits per heavy atom. The molecular formula is C31H35FN4O. The third-order valence-electron chi connectivity index (χ3n) is 7.40. The molecule has 192 valence electrons. The first-order chi connectivity index (χ1) is 17.7. The van der Waals surface area contributed by atoms with E-state index in [2.05, 4.69) is 67.2 Å². The number of amides is 1. The number of nitrogens with zero attached hydrogens (tertiary/aromatic N) is 2. The van der Waals surface area contributed by atoms with Crippen LogP contribution in [0.1, 0.15) is 68.9 Å². The third-order valence-corrected chi connectivity index (χ3v) is 7.40. The Kier molecular flexibility index (Phi) is 6.76. The van der Waals surface area contributed by atoms with Gasteiger partial charge in [0.15, 0.2) is 0 Å². The molecule has 0 spiro atoms. The second-order valence-corrected chi connectivity index (χ2v) is 11.2. The van der Waals surface area contributed by atoms with Crippen LogP contribution in [0.4, 0.5) is 21.7 Å². The van der Waals surface area contributed by atoms with Gasteiger partial charge >= 0.3 is 0 Å². The molecule has 2 N–H and O–H groups in total. The fourth-order valence-electron chi connectivity index (χ4n) is 5.88. The highest BCUT2D eigenvalue weighted by Gasteiger charge is 2.34. The maximum absolute atomic E-state index is 13.3. The highest BCUT2D eigenvalue weighted by molar-refractivity contribution is 6.06. The molecule has 1 fully saturated rings. The zero-order valence-corrected chi connectivity index (χ0v) is 22.0. The lowest BCUT2D eigenvalue weighted by molar-refractivity contribution is 0.102. The van der Waals surface area contributed by atoms with E-state index in [0.717, 1.165) is 41.9 Å². The number of hydrogen-bond donors (Lipinski definition) is 2. The molecule has 1 aromatic heterocycles. The lowest BCUT2D eigenvalue weighted by Gasteiger charge is -2.40. The number of aryl methyl sites for hydroxylation is 1. The summed E-state index contributed by atoms with van der Waals surface area (Å²) in [6, 6.07) is 20.2. The first kappa shape index (κ1) is 25.0. The molecule has 0 aliphatic heterocycles. The van der Waals surface area contributed by atoms with Gasteiger partial charge in [-0.3, -0.25) is 4.79 Å². The highest BCUT2D eigenvalue weighted by atomic mass is 19.1. The van der Waals surface area contributed by atoms with E-state index in [1.807, 2.05) is 18.2 Å². The normalized spacial score (nSPS) is 19.1. The summed E-state index contributed by atoms with van der Waals surface area (Å²) >= 11 is 0. The van der Waals surface area contributed by atoms with E-state index in [1.165, 1.54) is 24.1 Å². The second-order valence-electron chi connectivity index (χ2n) is 11.2. The van der Waals surface area contributed by atoms with Gasteiger partial charge in [-0.15, -0.1) is 0 Å². The topological polar surface area (TPSA) is 59.0 Å². The molecule has 5 rings (SSSR count). The van der Waals surface area contributed by atoms with Crippen molar-refractivity contribution in [3.05, 3.63) is 83.7 Å². The van der Waals surface area contributed by atoms with Gasteiger partial charge < -0.3 is 15.2 Å². The number of imidazole rings is 1. The van der Waals surface area contributed by atoms with Gasteiger partial charge in [0, 0.05) is 23.0 Å². The second kappa shape index (κ2) is 10.0. The van der Waals surface area contributed by atoms with Crippen LogP contribution >= 0.6 is 0 Å². The molecule has 6 heteroatoms. The number of halogens is 1.